The van der Waals surface area contributed by atoms with Gasteiger partial charge in [-0.15, -0.1) is 0 Å². The van der Waals surface area contributed by atoms with Crippen molar-refractivity contribution in [3.63, 3.8) is 0 Å². The number of hydrogen-bond acceptors (Lipinski definition) is 6. The fourth-order valence-electron chi connectivity index (χ4n) is 2.55. The lowest BCUT2D eigenvalue weighted by atomic mass is 10.2. The number of aliphatic imine (C=N–C) groups is 1. The number of hydrogen-bond donors (Lipinski definition) is 1. The number of amides is 1. The van der Waals surface area contributed by atoms with Gasteiger partial charge in [-0.05, 0) is 84.1 Å². The molecule has 1 N–H and O–H groups in total. The SMILES string of the molecule is CCOc1cc(/C=C2\SC(=Nc3ccc(C)cc3)NC2=O)cc(I)c1OC(C)=O. The summed E-state index contributed by atoms with van der Waals surface area (Å²) in [5, 5.41) is 3.31. The second-order valence-corrected chi connectivity index (χ2v) is 8.37. The summed E-state index contributed by atoms with van der Waals surface area (Å²) >= 11 is 3.36. The highest BCUT2D eigenvalue weighted by molar-refractivity contribution is 14.1. The average Bonchev–Trinajstić information content (AvgIpc) is 2.99. The van der Waals surface area contributed by atoms with Crippen LogP contribution in [0.5, 0.6) is 11.5 Å². The van der Waals surface area contributed by atoms with E-state index in [0.29, 0.717) is 31.7 Å². The Hall–Kier alpha value is -2.33. The van der Waals surface area contributed by atoms with Gasteiger partial charge in [0.05, 0.1) is 20.8 Å². The van der Waals surface area contributed by atoms with Gasteiger partial charge >= 0.3 is 5.97 Å². The maximum atomic E-state index is 12.4. The van der Waals surface area contributed by atoms with E-state index >= 15 is 0 Å². The first-order valence-corrected chi connectivity index (χ1v) is 10.8. The number of esters is 1. The Morgan fingerprint density at radius 3 is 2.66 bits per heavy atom. The first-order chi connectivity index (χ1) is 13.9. The molecule has 1 aliphatic rings. The van der Waals surface area contributed by atoms with Crippen LogP contribution in [0.4, 0.5) is 5.69 Å². The first kappa shape index (κ1) is 21.4. The third-order valence-corrected chi connectivity index (χ3v) is 5.50. The number of benzene rings is 2. The molecule has 8 heteroatoms. The lowest BCUT2D eigenvalue weighted by molar-refractivity contribution is -0.132. The number of rotatable bonds is 5. The molecule has 0 radical (unpaired) electrons. The van der Waals surface area contributed by atoms with Crippen molar-refractivity contribution in [3.8, 4) is 11.5 Å². The maximum absolute atomic E-state index is 12.4. The minimum atomic E-state index is -0.419. The van der Waals surface area contributed by atoms with Crippen molar-refractivity contribution in [3.05, 3.63) is 56.0 Å². The van der Waals surface area contributed by atoms with Crippen molar-refractivity contribution in [2.45, 2.75) is 20.8 Å². The molecule has 2 aromatic rings. The summed E-state index contributed by atoms with van der Waals surface area (Å²) in [5.74, 6) is 0.209. The fraction of sp³-hybridized carbons (Fsp3) is 0.190. The highest BCUT2D eigenvalue weighted by atomic mass is 127. The molecular formula is C21H19IN2O4S. The number of thioether (sulfide) groups is 1. The number of amidine groups is 1. The number of nitrogens with one attached hydrogen (secondary N) is 1. The Labute approximate surface area is 186 Å². The molecule has 0 spiro atoms. The predicted molar refractivity (Wildman–Crippen MR) is 124 cm³/mol. The van der Waals surface area contributed by atoms with Crippen molar-refractivity contribution in [1.29, 1.82) is 0 Å². The van der Waals surface area contributed by atoms with Crippen molar-refractivity contribution in [2.75, 3.05) is 6.61 Å². The van der Waals surface area contributed by atoms with Crippen LogP contribution >= 0.6 is 34.4 Å². The average molecular weight is 522 g/mol. The molecule has 0 unspecified atom stereocenters. The Morgan fingerprint density at radius 2 is 2.00 bits per heavy atom. The minimum absolute atomic E-state index is 0.210. The molecule has 1 amide bonds. The lowest BCUT2D eigenvalue weighted by Crippen LogP contribution is -2.19. The number of carbonyl (C=O) groups excluding carboxylic acids is 2. The number of nitrogens with zero attached hydrogens (tertiary/aromatic N) is 1. The Bertz CT molecular complexity index is 1020. The van der Waals surface area contributed by atoms with Crippen molar-refractivity contribution in [1.82, 2.24) is 5.32 Å². The van der Waals surface area contributed by atoms with Crippen LogP contribution in [0.25, 0.3) is 6.08 Å². The van der Waals surface area contributed by atoms with Crippen LogP contribution in [0.15, 0.2) is 46.3 Å². The van der Waals surface area contributed by atoms with E-state index in [1.54, 1.807) is 12.1 Å². The maximum Gasteiger partial charge on any atom is 0.308 e. The van der Waals surface area contributed by atoms with E-state index < -0.39 is 5.97 Å². The van der Waals surface area contributed by atoms with Crippen LogP contribution in [0.2, 0.25) is 0 Å². The van der Waals surface area contributed by atoms with Crippen LogP contribution < -0.4 is 14.8 Å². The topological polar surface area (TPSA) is 77.0 Å². The third-order valence-electron chi connectivity index (χ3n) is 3.79. The molecule has 0 aliphatic carbocycles. The van der Waals surface area contributed by atoms with E-state index in [9.17, 15) is 9.59 Å². The molecular weight excluding hydrogens is 503 g/mol. The molecule has 0 saturated carbocycles. The summed E-state index contributed by atoms with van der Waals surface area (Å²) < 4.78 is 11.6. The molecule has 1 heterocycles. The van der Waals surface area contributed by atoms with Gasteiger partial charge in [0.2, 0.25) is 0 Å². The monoisotopic (exact) mass is 522 g/mol. The van der Waals surface area contributed by atoms with Crippen molar-refractivity contribution in [2.24, 2.45) is 4.99 Å². The van der Waals surface area contributed by atoms with E-state index in [4.69, 9.17) is 9.47 Å². The van der Waals surface area contributed by atoms with E-state index in [2.05, 4.69) is 32.9 Å². The van der Waals surface area contributed by atoms with E-state index in [1.165, 1.54) is 18.7 Å². The summed E-state index contributed by atoms with van der Waals surface area (Å²) in [4.78, 5) is 28.7. The largest absolute Gasteiger partial charge is 0.490 e. The van der Waals surface area contributed by atoms with Gasteiger partial charge in [0, 0.05) is 6.92 Å². The molecule has 6 nitrogen and oxygen atoms in total. The van der Waals surface area contributed by atoms with Crippen LogP contribution in [0, 0.1) is 10.5 Å². The second-order valence-electron chi connectivity index (χ2n) is 6.17. The summed E-state index contributed by atoms with van der Waals surface area (Å²) in [6, 6.07) is 11.3. The van der Waals surface area contributed by atoms with Crippen LogP contribution in [-0.4, -0.2) is 23.7 Å². The summed E-state index contributed by atoms with van der Waals surface area (Å²) in [5.41, 5.74) is 2.69. The predicted octanol–water partition coefficient (Wildman–Crippen LogP) is 4.82. The van der Waals surface area contributed by atoms with Crippen molar-refractivity contribution >= 4 is 63.2 Å². The summed E-state index contributed by atoms with van der Waals surface area (Å²) in [7, 11) is 0. The zero-order chi connectivity index (χ0) is 21.0. The summed E-state index contributed by atoms with van der Waals surface area (Å²) in [6.07, 6.45) is 1.76. The molecule has 0 bridgehead atoms. The number of aryl methyl sites for hydroxylation is 1. The quantitative estimate of drug-likeness (QED) is 0.264. The zero-order valence-electron chi connectivity index (χ0n) is 16.1. The molecule has 29 heavy (non-hydrogen) atoms. The molecule has 2 aromatic carbocycles. The van der Waals surface area contributed by atoms with Gasteiger partial charge in [0.1, 0.15) is 0 Å². The highest BCUT2D eigenvalue weighted by Gasteiger charge is 2.24. The Morgan fingerprint density at radius 1 is 1.28 bits per heavy atom. The standard InChI is InChI=1S/C21H19IN2O4S/c1-4-27-17-10-14(9-16(22)19(17)28-13(3)25)11-18-20(26)24-21(29-18)23-15-7-5-12(2)6-8-15/h5-11H,4H2,1-3H3,(H,23,24,26)/b18-11-. The highest BCUT2D eigenvalue weighted by Crippen LogP contribution is 2.36. The zero-order valence-corrected chi connectivity index (χ0v) is 19.1. The molecule has 0 aromatic heterocycles. The van der Waals surface area contributed by atoms with Gasteiger partial charge in [-0.25, -0.2) is 4.99 Å². The van der Waals surface area contributed by atoms with Gasteiger partial charge in [-0.3, -0.25) is 9.59 Å². The second kappa shape index (κ2) is 9.45. The van der Waals surface area contributed by atoms with Gasteiger partial charge < -0.3 is 14.8 Å². The van der Waals surface area contributed by atoms with E-state index in [-0.39, 0.29) is 5.91 Å². The lowest BCUT2D eigenvalue weighted by Gasteiger charge is -2.12. The van der Waals surface area contributed by atoms with Crippen LogP contribution in [0.3, 0.4) is 0 Å². The van der Waals surface area contributed by atoms with Gasteiger partial charge in [-0.1, -0.05) is 17.7 Å². The fourth-order valence-corrected chi connectivity index (χ4v) is 4.12. The number of ether oxygens (including phenoxy) is 2. The molecule has 3 rings (SSSR count). The number of halogens is 1. The number of carbonyl (C=O) groups is 2. The van der Waals surface area contributed by atoms with Gasteiger partial charge in [0.25, 0.3) is 5.91 Å². The van der Waals surface area contributed by atoms with Crippen molar-refractivity contribution < 1.29 is 19.1 Å². The van der Waals surface area contributed by atoms with Gasteiger partial charge in [0.15, 0.2) is 16.7 Å². The smallest absolute Gasteiger partial charge is 0.308 e. The summed E-state index contributed by atoms with van der Waals surface area (Å²) in [6.45, 7) is 5.63. The van der Waals surface area contributed by atoms with E-state index in [0.717, 1.165) is 16.8 Å². The minimum Gasteiger partial charge on any atom is -0.490 e. The first-order valence-electron chi connectivity index (χ1n) is 8.86. The van der Waals surface area contributed by atoms with Crippen LogP contribution in [0.1, 0.15) is 25.0 Å². The normalized spacial score (nSPS) is 16.2. The Balaban J connectivity index is 1.88. The molecule has 1 aliphatic heterocycles. The van der Waals surface area contributed by atoms with Crippen LogP contribution in [-0.2, 0) is 9.59 Å². The molecule has 150 valence electrons. The Kier molecular flexibility index (Phi) is 6.96. The molecule has 0 atom stereocenters. The van der Waals surface area contributed by atoms with E-state index in [1.807, 2.05) is 44.2 Å². The third kappa shape index (κ3) is 5.60. The van der Waals surface area contributed by atoms with Gasteiger partial charge in [-0.2, -0.15) is 0 Å². The molecule has 1 saturated heterocycles. The molecule has 1 fully saturated rings.